The summed E-state index contributed by atoms with van der Waals surface area (Å²) in [5, 5.41) is 4.29. The zero-order valence-corrected chi connectivity index (χ0v) is 16.8. The molecular weight excluding hydrogens is 354 g/mol. The van der Waals surface area contributed by atoms with Crippen LogP contribution in [0.25, 0.3) is 0 Å². The van der Waals surface area contributed by atoms with Crippen molar-refractivity contribution in [1.29, 1.82) is 0 Å². The summed E-state index contributed by atoms with van der Waals surface area (Å²) in [7, 11) is 1.59. The van der Waals surface area contributed by atoms with Crippen LogP contribution in [-0.4, -0.2) is 47.4 Å². The molecule has 5 fully saturated rings. The standard InChI is InChI=1S/C22H31N3O3/c1-28-9-8-25-20(26)3-2-19(23-25)21(27)24-6-4-22(5-7-24)17-11-15-10-16(13-17)14-18(22)12-15/h2-3,15-18H,4-14H2,1H3. The molecule has 0 atom stereocenters. The maximum atomic E-state index is 13.0. The number of likely N-dealkylation sites (tertiary alicyclic amines) is 1. The molecule has 4 bridgehead atoms. The van der Waals surface area contributed by atoms with E-state index < -0.39 is 0 Å². The summed E-state index contributed by atoms with van der Waals surface area (Å²) >= 11 is 0. The second kappa shape index (κ2) is 6.97. The molecular formula is C22H31N3O3. The van der Waals surface area contributed by atoms with E-state index in [9.17, 15) is 9.59 Å². The highest BCUT2D eigenvalue weighted by Gasteiger charge is 2.57. The normalized spacial score (nSPS) is 32.8. The molecule has 0 radical (unpaired) electrons. The third-order valence-electron chi connectivity index (χ3n) is 8.34. The van der Waals surface area contributed by atoms with Gasteiger partial charge < -0.3 is 9.64 Å². The van der Waals surface area contributed by atoms with Crippen LogP contribution in [0.3, 0.4) is 0 Å². The van der Waals surface area contributed by atoms with E-state index in [0.29, 0.717) is 24.3 Å². The van der Waals surface area contributed by atoms with Crippen molar-refractivity contribution >= 4 is 5.91 Å². The van der Waals surface area contributed by atoms with E-state index in [-0.39, 0.29) is 11.5 Å². The molecule has 0 unspecified atom stereocenters. The molecule has 1 aliphatic heterocycles. The third kappa shape index (κ3) is 2.92. The fourth-order valence-corrected chi connectivity index (χ4v) is 7.13. The van der Waals surface area contributed by atoms with Gasteiger partial charge in [-0.3, -0.25) is 9.59 Å². The lowest BCUT2D eigenvalue weighted by Crippen LogP contribution is -2.57. The van der Waals surface area contributed by atoms with Crippen molar-refractivity contribution in [3.05, 3.63) is 28.2 Å². The zero-order valence-electron chi connectivity index (χ0n) is 16.8. The molecule has 0 N–H and O–H groups in total. The van der Waals surface area contributed by atoms with Crippen molar-refractivity contribution < 1.29 is 9.53 Å². The minimum absolute atomic E-state index is 0.0372. The van der Waals surface area contributed by atoms with Crippen molar-refractivity contribution in [2.24, 2.45) is 29.1 Å². The minimum Gasteiger partial charge on any atom is -0.383 e. The highest BCUT2D eigenvalue weighted by Crippen LogP contribution is 2.65. The van der Waals surface area contributed by atoms with Gasteiger partial charge >= 0.3 is 0 Å². The van der Waals surface area contributed by atoms with Crippen LogP contribution >= 0.6 is 0 Å². The summed E-state index contributed by atoms with van der Waals surface area (Å²) in [5.41, 5.74) is 0.672. The summed E-state index contributed by atoms with van der Waals surface area (Å²) in [5.74, 6) is 3.74. The molecule has 2 heterocycles. The molecule has 1 spiro atoms. The monoisotopic (exact) mass is 385 g/mol. The molecule has 28 heavy (non-hydrogen) atoms. The summed E-state index contributed by atoms with van der Waals surface area (Å²) < 4.78 is 6.37. The molecule has 6 nitrogen and oxygen atoms in total. The second-order valence-electron chi connectivity index (χ2n) is 9.60. The van der Waals surface area contributed by atoms with Gasteiger partial charge in [-0.2, -0.15) is 5.10 Å². The van der Waals surface area contributed by atoms with Gasteiger partial charge in [0.25, 0.3) is 11.5 Å². The predicted molar refractivity (Wildman–Crippen MR) is 105 cm³/mol. The first-order valence-electron chi connectivity index (χ1n) is 11.0. The fraction of sp³-hybridized carbons (Fsp3) is 0.773. The molecule has 152 valence electrons. The van der Waals surface area contributed by atoms with E-state index in [1.165, 1.54) is 42.9 Å². The second-order valence-corrected chi connectivity index (χ2v) is 9.60. The number of methoxy groups -OCH3 is 1. The first-order chi connectivity index (χ1) is 13.6. The molecule has 6 rings (SSSR count). The van der Waals surface area contributed by atoms with Crippen LogP contribution in [0.2, 0.25) is 0 Å². The van der Waals surface area contributed by atoms with Crippen molar-refractivity contribution in [2.75, 3.05) is 26.8 Å². The maximum absolute atomic E-state index is 13.0. The van der Waals surface area contributed by atoms with E-state index in [2.05, 4.69) is 5.10 Å². The SMILES string of the molecule is COCCn1nc(C(=O)N2CCC3(CC2)C2CC4CC(C2)CC3C4)ccc1=O. The van der Waals surface area contributed by atoms with Crippen molar-refractivity contribution in [1.82, 2.24) is 14.7 Å². The van der Waals surface area contributed by atoms with Gasteiger partial charge in [0.15, 0.2) is 0 Å². The van der Waals surface area contributed by atoms with Crippen molar-refractivity contribution in [3.63, 3.8) is 0 Å². The largest absolute Gasteiger partial charge is 0.383 e. The Morgan fingerprint density at radius 1 is 1.11 bits per heavy atom. The lowest BCUT2D eigenvalue weighted by atomic mass is 9.43. The van der Waals surface area contributed by atoms with Crippen LogP contribution in [-0.2, 0) is 11.3 Å². The molecule has 1 aromatic rings. The van der Waals surface area contributed by atoms with Gasteiger partial charge in [0.1, 0.15) is 5.69 Å². The van der Waals surface area contributed by atoms with Gasteiger partial charge in [-0.15, -0.1) is 0 Å². The molecule has 4 saturated carbocycles. The molecule has 5 aliphatic rings. The Balaban J connectivity index is 1.28. The van der Waals surface area contributed by atoms with E-state index in [4.69, 9.17) is 4.74 Å². The van der Waals surface area contributed by atoms with Gasteiger partial charge in [0, 0.05) is 26.3 Å². The maximum Gasteiger partial charge on any atom is 0.274 e. The first-order valence-corrected chi connectivity index (χ1v) is 11.0. The zero-order chi connectivity index (χ0) is 19.3. The van der Waals surface area contributed by atoms with Crippen LogP contribution in [0.1, 0.15) is 55.4 Å². The van der Waals surface area contributed by atoms with E-state index in [0.717, 1.165) is 49.6 Å². The average Bonchev–Trinajstić information content (AvgIpc) is 2.71. The van der Waals surface area contributed by atoms with E-state index >= 15 is 0 Å². The van der Waals surface area contributed by atoms with Crippen molar-refractivity contribution in [3.8, 4) is 0 Å². The Morgan fingerprint density at radius 2 is 1.75 bits per heavy atom. The highest BCUT2D eigenvalue weighted by molar-refractivity contribution is 5.92. The number of aromatic nitrogens is 2. The smallest absolute Gasteiger partial charge is 0.274 e. The summed E-state index contributed by atoms with van der Waals surface area (Å²) in [4.78, 5) is 26.9. The predicted octanol–water partition coefficient (Wildman–Crippen LogP) is 2.57. The van der Waals surface area contributed by atoms with Crippen LogP contribution in [0, 0.1) is 29.1 Å². The number of piperidine rings is 1. The minimum atomic E-state index is -0.195. The van der Waals surface area contributed by atoms with Gasteiger partial charge in [-0.05, 0) is 80.1 Å². The average molecular weight is 386 g/mol. The Kier molecular flexibility index (Phi) is 4.57. The summed E-state index contributed by atoms with van der Waals surface area (Å²) in [6.07, 6.45) is 9.53. The van der Waals surface area contributed by atoms with Crippen LogP contribution < -0.4 is 5.56 Å². The molecule has 1 amide bonds. The number of nitrogens with zero attached hydrogens (tertiary/aromatic N) is 3. The quantitative estimate of drug-likeness (QED) is 0.799. The lowest BCUT2D eigenvalue weighted by molar-refractivity contribution is -0.132. The first kappa shape index (κ1) is 18.3. The van der Waals surface area contributed by atoms with Gasteiger partial charge in [-0.25, -0.2) is 4.68 Å². The molecule has 1 saturated heterocycles. The highest BCUT2D eigenvalue weighted by atomic mass is 16.5. The summed E-state index contributed by atoms with van der Waals surface area (Å²) in [6.45, 7) is 2.44. The molecule has 1 aromatic heterocycles. The van der Waals surface area contributed by atoms with Crippen LogP contribution in [0.15, 0.2) is 16.9 Å². The Bertz CT molecular complexity index is 779. The van der Waals surface area contributed by atoms with Gasteiger partial charge in [-0.1, -0.05) is 0 Å². The Morgan fingerprint density at radius 3 is 2.36 bits per heavy atom. The number of carbonyl (C=O) groups excluding carboxylic acids is 1. The Hall–Kier alpha value is -1.69. The number of carbonyl (C=O) groups is 1. The molecule has 4 aliphatic carbocycles. The molecule has 6 heteroatoms. The van der Waals surface area contributed by atoms with Gasteiger partial charge in [0.2, 0.25) is 0 Å². The lowest BCUT2D eigenvalue weighted by Gasteiger charge is -2.63. The van der Waals surface area contributed by atoms with E-state index in [1.807, 2.05) is 4.90 Å². The molecule has 0 aromatic carbocycles. The van der Waals surface area contributed by atoms with E-state index in [1.54, 1.807) is 13.2 Å². The number of ether oxygens (including phenoxy) is 1. The van der Waals surface area contributed by atoms with Crippen LogP contribution in [0.4, 0.5) is 0 Å². The Labute approximate surface area is 166 Å². The number of rotatable bonds is 4. The van der Waals surface area contributed by atoms with Crippen molar-refractivity contribution in [2.45, 2.75) is 51.5 Å². The number of amides is 1. The number of hydrogen-bond donors (Lipinski definition) is 0. The third-order valence-corrected chi connectivity index (χ3v) is 8.34. The summed E-state index contributed by atoms with van der Waals surface area (Å²) in [6, 6.07) is 3.01. The van der Waals surface area contributed by atoms with Gasteiger partial charge in [0.05, 0.1) is 13.2 Å². The fourth-order valence-electron chi connectivity index (χ4n) is 7.13. The number of hydrogen-bond acceptors (Lipinski definition) is 4. The topological polar surface area (TPSA) is 64.4 Å². The van der Waals surface area contributed by atoms with Crippen LogP contribution in [0.5, 0.6) is 0 Å².